The number of nitriles is 1. The van der Waals surface area contributed by atoms with E-state index in [-0.39, 0.29) is 34.2 Å². The Bertz CT molecular complexity index is 793. The van der Waals surface area contributed by atoms with Crippen LogP contribution in [0, 0.1) is 21.4 Å². The van der Waals surface area contributed by atoms with Crippen molar-refractivity contribution in [2.75, 3.05) is 13.2 Å². The summed E-state index contributed by atoms with van der Waals surface area (Å²) in [5, 5.41) is 30.2. The Labute approximate surface area is 124 Å². The van der Waals surface area contributed by atoms with Gasteiger partial charge in [-0.05, 0) is 0 Å². The van der Waals surface area contributed by atoms with Crippen molar-refractivity contribution in [3.8, 4) is 17.6 Å². The van der Waals surface area contributed by atoms with Crippen LogP contribution in [0.2, 0.25) is 0 Å². The Morgan fingerprint density at radius 3 is 3.00 bits per heavy atom. The molecule has 1 aliphatic rings. The average Bonchev–Trinajstić information content (AvgIpc) is 3.00. The molecule has 1 atom stereocenters. The van der Waals surface area contributed by atoms with Gasteiger partial charge in [0.25, 0.3) is 0 Å². The minimum absolute atomic E-state index is 0.0420. The molecule has 1 aromatic heterocycles. The van der Waals surface area contributed by atoms with Crippen molar-refractivity contribution in [1.82, 2.24) is 4.98 Å². The maximum absolute atomic E-state index is 11.2. The number of hydrogen-bond acceptors (Lipinski definition) is 7. The van der Waals surface area contributed by atoms with Crippen molar-refractivity contribution in [3.05, 3.63) is 34.0 Å². The Balaban J connectivity index is 2.13. The van der Waals surface area contributed by atoms with Crippen LogP contribution in [-0.4, -0.2) is 34.3 Å². The third kappa shape index (κ3) is 2.38. The van der Waals surface area contributed by atoms with Gasteiger partial charge in [-0.25, -0.2) is 0 Å². The third-order valence-electron chi connectivity index (χ3n) is 3.42. The fourth-order valence-electron chi connectivity index (χ4n) is 2.30. The van der Waals surface area contributed by atoms with Gasteiger partial charge in [-0.3, -0.25) is 15.1 Å². The molecule has 1 saturated heterocycles. The summed E-state index contributed by atoms with van der Waals surface area (Å²) in [7, 11) is 0. The molecule has 0 bridgehead atoms. The second-order valence-corrected chi connectivity index (χ2v) is 4.83. The maximum atomic E-state index is 11.2. The SMILES string of the molecule is N#Cc1cnc2cc(O[C@H]3CCOC3)c([N+](=O)[O-])cc2c1O. The lowest BCUT2D eigenvalue weighted by molar-refractivity contribution is -0.385. The molecule has 112 valence electrons. The molecule has 22 heavy (non-hydrogen) atoms. The van der Waals surface area contributed by atoms with Gasteiger partial charge < -0.3 is 14.6 Å². The lowest BCUT2D eigenvalue weighted by Gasteiger charge is -2.13. The van der Waals surface area contributed by atoms with Gasteiger partial charge in [0, 0.05) is 24.8 Å². The number of nitro groups is 1. The highest BCUT2D eigenvalue weighted by molar-refractivity contribution is 5.90. The van der Waals surface area contributed by atoms with E-state index in [0.717, 1.165) is 0 Å². The number of fused-ring (bicyclic) bond motifs is 1. The summed E-state index contributed by atoms with van der Waals surface area (Å²) in [5.74, 6) is -0.254. The summed E-state index contributed by atoms with van der Waals surface area (Å²) >= 11 is 0. The van der Waals surface area contributed by atoms with Gasteiger partial charge in [0.2, 0.25) is 0 Å². The molecule has 0 saturated carbocycles. The molecule has 2 aromatic rings. The Morgan fingerprint density at radius 1 is 1.55 bits per heavy atom. The molecule has 8 nitrogen and oxygen atoms in total. The van der Waals surface area contributed by atoms with Crippen molar-refractivity contribution >= 4 is 16.6 Å². The topological polar surface area (TPSA) is 119 Å². The zero-order valence-corrected chi connectivity index (χ0v) is 11.4. The fourth-order valence-corrected chi connectivity index (χ4v) is 2.30. The number of nitrogens with zero attached hydrogens (tertiary/aromatic N) is 3. The lowest BCUT2D eigenvalue weighted by atomic mass is 10.1. The monoisotopic (exact) mass is 301 g/mol. The van der Waals surface area contributed by atoms with Crippen LogP contribution >= 0.6 is 0 Å². The number of ether oxygens (including phenoxy) is 2. The van der Waals surface area contributed by atoms with Gasteiger partial charge in [-0.2, -0.15) is 5.26 Å². The molecule has 8 heteroatoms. The predicted octanol–water partition coefficient (Wildman–Crippen LogP) is 1.89. The Kier molecular flexibility index (Phi) is 3.48. The number of aromatic hydroxyl groups is 1. The van der Waals surface area contributed by atoms with Gasteiger partial charge in [0.15, 0.2) is 5.75 Å². The first-order valence-electron chi connectivity index (χ1n) is 6.54. The maximum Gasteiger partial charge on any atom is 0.311 e. The van der Waals surface area contributed by atoms with Crippen molar-refractivity contribution in [2.45, 2.75) is 12.5 Å². The highest BCUT2D eigenvalue weighted by Crippen LogP contribution is 2.37. The molecule has 0 unspecified atom stereocenters. The van der Waals surface area contributed by atoms with Crippen LogP contribution < -0.4 is 4.74 Å². The molecule has 0 amide bonds. The van der Waals surface area contributed by atoms with Crippen molar-refractivity contribution in [2.24, 2.45) is 0 Å². The first-order valence-corrected chi connectivity index (χ1v) is 6.54. The Hall–Kier alpha value is -2.92. The first-order chi connectivity index (χ1) is 10.6. The van der Waals surface area contributed by atoms with Crippen LogP contribution in [0.3, 0.4) is 0 Å². The van der Waals surface area contributed by atoms with E-state index in [9.17, 15) is 15.2 Å². The number of aromatic nitrogens is 1. The van der Waals surface area contributed by atoms with Crippen LogP contribution in [-0.2, 0) is 4.74 Å². The summed E-state index contributed by atoms with van der Waals surface area (Å²) in [6.45, 7) is 0.928. The molecule has 1 aromatic carbocycles. The molecular weight excluding hydrogens is 290 g/mol. The van der Waals surface area contributed by atoms with Crippen LogP contribution in [0.4, 0.5) is 5.69 Å². The molecule has 1 aliphatic heterocycles. The van der Waals surface area contributed by atoms with Gasteiger partial charge in [0.1, 0.15) is 23.5 Å². The smallest absolute Gasteiger partial charge is 0.311 e. The predicted molar refractivity (Wildman–Crippen MR) is 74.6 cm³/mol. The summed E-state index contributed by atoms with van der Waals surface area (Å²) < 4.78 is 10.8. The van der Waals surface area contributed by atoms with E-state index in [4.69, 9.17) is 14.7 Å². The van der Waals surface area contributed by atoms with E-state index >= 15 is 0 Å². The van der Waals surface area contributed by atoms with E-state index in [1.807, 2.05) is 0 Å². The van der Waals surface area contributed by atoms with E-state index in [1.54, 1.807) is 6.07 Å². The molecule has 1 N–H and O–H groups in total. The zero-order chi connectivity index (χ0) is 15.7. The van der Waals surface area contributed by atoms with Crippen LogP contribution in [0.1, 0.15) is 12.0 Å². The van der Waals surface area contributed by atoms with Crippen molar-refractivity contribution in [1.29, 1.82) is 5.26 Å². The first kappa shape index (κ1) is 14.0. The summed E-state index contributed by atoms with van der Waals surface area (Å²) in [5.41, 5.74) is -0.0118. The molecule has 0 spiro atoms. The highest BCUT2D eigenvalue weighted by Gasteiger charge is 2.24. The lowest BCUT2D eigenvalue weighted by Crippen LogP contribution is -2.16. The van der Waals surface area contributed by atoms with Gasteiger partial charge in [0.05, 0.1) is 29.0 Å². The summed E-state index contributed by atoms with van der Waals surface area (Å²) in [4.78, 5) is 14.7. The van der Waals surface area contributed by atoms with E-state index in [2.05, 4.69) is 4.98 Å². The van der Waals surface area contributed by atoms with E-state index < -0.39 is 4.92 Å². The standard InChI is InChI=1S/C14H11N3O5/c15-5-8-6-16-11-4-13(22-9-1-2-21-7-9)12(17(19)20)3-10(11)14(8)18/h3-4,6,9H,1-2,7H2,(H,16,18)/t9-/m0/s1. The van der Waals surface area contributed by atoms with Gasteiger partial charge >= 0.3 is 5.69 Å². The zero-order valence-electron chi connectivity index (χ0n) is 11.4. The number of benzene rings is 1. The van der Waals surface area contributed by atoms with Crippen LogP contribution in [0.5, 0.6) is 11.5 Å². The van der Waals surface area contributed by atoms with Gasteiger partial charge in [-0.1, -0.05) is 0 Å². The number of pyridine rings is 1. The minimum atomic E-state index is -0.594. The number of hydrogen-bond donors (Lipinski definition) is 1. The van der Waals surface area contributed by atoms with Crippen LogP contribution in [0.15, 0.2) is 18.3 Å². The summed E-state index contributed by atoms with van der Waals surface area (Å²) in [6, 6.07) is 4.35. The Morgan fingerprint density at radius 2 is 2.36 bits per heavy atom. The molecule has 0 aliphatic carbocycles. The van der Waals surface area contributed by atoms with Crippen molar-refractivity contribution < 1.29 is 19.5 Å². The second kappa shape index (κ2) is 5.46. The van der Waals surface area contributed by atoms with E-state index in [0.29, 0.717) is 25.2 Å². The fraction of sp³-hybridized carbons (Fsp3) is 0.286. The van der Waals surface area contributed by atoms with Crippen molar-refractivity contribution in [3.63, 3.8) is 0 Å². The quantitative estimate of drug-likeness (QED) is 0.679. The van der Waals surface area contributed by atoms with Crippen LogP contribution in [0.25, 0.3) is 10.9 Å². The summed E-state index contributed by atoms with van der Waals surface area (Å²) in [6.07, 6.45) is 1.62. The van der Waals surface area contributed by atoms with E-state index in [1.165, 1.54) is 18.3 Å². The molecule has 3 rings (SSSR count). The largest absolute Gasteiger partial charge is 0.506 e. The second-order valence-electron chi connectivity index (χ2n) is 4.83. The molecule has 0 radical (unpaired) electrons. The average molecular weight is 301 g/mol. The minimum Gasteiger partial charge on any atom is -0.506 e. The molecule has 2 heterocycles. The normalized spacial score (nSPS) is 17.3. The molecule has 1 fully saturated rings. The van der Waals surface area contributed by atoms with Gasteiger partial charge in [-0.15, -0.1) is 0 Å². The molecular formula is C14H11N3O5. The number of rotatable bonds is 3. The third-order valence-corrected chi connectivity index (χ3v) is 3.42. The number of nitro benzene ring substituents is 1. The highest BCUT2D eigenvalue weighted by atomic mass is 16.6.